The maximum absolute atomic E-state index is 5.87. The van der Waals surface area contributed by atoms with E-state index in [2.05, 4.69) is 25.6 Å². The zero-order chi connectivity index (χ0) is 10.8. The van der Waals surface area contributed by atoms with Crippen molar-refractivity contribution in [1.82, 2.24) is 5.01 Å². The van der Waals surface area contributed by atoms with Gasteiger partial charge in [-0.25, -0.2) is 5.84 Å². The Morgan fingerprint density at radius 2 is 2.07 bits per heavy atom. The van der Waals surface area contributed by atoms with Crippen LogP contribution in [0.25, 0.3) is 0 Å². The van der Waals surface area contributed by atoms with Gasteiger partial charge in [-0.3, -0.25) is 4.99 Å². The van der Waals surface area contributed by atoms with Crippen LogP contribution in [0.1, 0.15) is 46.0 Å². The summed E-state index contributed by atoms with van der Waals surface area (Å²) in [4.78, 5) is 3.78. The molecule has 0 bridgehead atoms. The fourth-order valence-electron chi connectivity index (χ4n) is 1.33. The summed E-state index contributed by atoms with van der Waals surface area (Å²) in [7, 11) is 0. The van der Waals surface area contributed by atoms with Crippen molar-refractivity contribution in [2.45, 2.75) is 46.0 Å². The highest BCUT2D eigenvalue weighted by Crippen LogP contribution is 2.11. The predicted molar refractivity (Wildman–Crippen MR) is 63.0 cm³/mol. The van der Waals surface area contributed by atoms with E-state index in [0.29, 0.717) is 0 Å². The van der Waals surface area contributed by atoms with E-state index in [1.165, 1.54) is 19.3 Å². The van der Waals surface area contributed by atoms with Crippen LogP contribution in [0, 0.1) is 0 Å². The molecule has 0 atom stereocenters. The predicted octanol–water partition coefficient (Wildman–Crippen LogP) is 2.69. The number of aliphatic imine (C=N–C) groups is 1. The first kappa shape index (κ1) is 13.2. The molecule has 82 valence electrons. The lowest BCUT2D eigenvalue weighted by molar-refractivity contribution is 0.341. The Hall–Kier alpha value is -0.830. The van der Waals surface area contributed by atoms with Crippen molar-refractivity contribution in [3.05, 3.63) is 11.9 Å². The van der Waals surface area contributed by atoms with Gasteiger partial charge in [0.2, 0.25) is 0 Å². The molecule has 0 radical (unpaired) electrons. The van der Waals surface area contributed by atoms with Gasteiger partial charge in [0.1, 0.15) is 0 Å². The number of hydrazine groups is 1. The fourth-order valence-corrected chi connectivity index (χ4v) is 1.33. The molecule has 0 aliphatic carbocycles. The maximum atomic E-state index is 5.87. The van der Waals surface area contributed by atoms with Gasteiger partial charge in [-0.1, -0.05) is 26.7 Å². The SMILES string of the molecule is C=N/C=C(/CCCCC)N(N)CCC. The monoisotopic (exact) mass is 197 g/mol. The van der Waals surface area contributed by atoms with Gasteiger partial charge in [0, 0.05) is 18.4 Å². The minimum atomic E-state index is 0.882. The highest BCUT2D eigenvalue weighted by atomic mass is 15.4. The Morgan fingerprint density at radius 1 is 1.36 bits per heavy atom. The first-order valence-corrected chi connectivity index (χ1v) is 5.43. The molecule has 0 heterocycles. The Labute approximate surface area is 87.7 Å². The largest absolute Gasteiger partial charge is 0.314 e. The van der Waals surface area contributed by atoms with Crippen molar-refractivity contribution < 1.29 is 0 Å². The topological polar surface area (TPSA) is 41.6 Å². The number of unbranched alkanes of at least 4 members (excludes halogenated alkanes) is 2. The van der Waals surface area contributed by atoms with Crippen LogP contribution in [0.4, 0.5) is 0 Å². The van der Waals surface area contributed by atoms with Gasteiger partial charge < -0.3 is 5.01 Å². The smallest absolute Gasteiger partial charge is 0.0473 e. The molecule has 3 nitrogen and oxygen atoms in total. The standard InChI is InChI=1S/C11H23N3/c1-4-6-7-8-11(10-13-3)14(12)9-5-2/h10H,3-9,12H2,1-2H3/b11-10-. The number of allylic oxidation sites excluding steroid dienone is 1. The molecule has 0 fully saturated rings. The van der Waals surface area contributed by atoms with Gasteiger partial charge in [-0.2, -0.15) is 0 Å². The van der Waals surface area contributed by atoms with Crippen LogP contribution in [0.3, 0.4) is 0 Å². The average molecular weight is 197 g/mol. The summed E-state index contributed by atoms with van der Waals surface area (Å²) in [6.07, 6.45) is 7.48. The van der Waals surface area contributed by atoms with E-state index < -0.39 is 0 Å². The third kappa shape index (κ3) is 5.75. The van der Waals surface area contributed by atoms with E-state index in [9.17, 15) is 0 Å². The minimum Gasteiger partial charge on any atom is -0.314 e. The lowest BCUT2D eigenvalue weighted by atomic mass is 10.1. The van der Waals surface area contributed by atoms with Crippen molar-refractivity contribution in [3.63, 3.8) is 0 Å². The minimum absolute atomic E-state index is 0.882. The summed E-state index contributed by atoms with van der Waals surface area (Å²) in [5.74, 6) is 5.87. The molecule has 0 rings (SSSR count). The third-order valence-electron chi connectivity index (χ3n) is 2.11. The van der Waals surface area contributed by atoms with Crippen LogP contribution < -0.4 is 5.84 Å². The van der Waals surface area contributed by atoms with Crippen molar-refractivity contribution in [1.29, 1.82) is 0 Å². The number of hydrogen-bond acceptors (Lipinski definition) is 3. The summed E-state index contributed by atoms with van der Waals surface area (Å²) < 4.78 is 0. The van der Waals surface area contributed by atoms with Gasteiger partial charge in [-0.05, 0) is 26.0 Å². The molecule has 0 saturated heterocycles. The molecular formula is C11H23N3. The molecule has 0 aromatic rings. The van der Waals surface area contributed by atoms with Crippen LogP contribution >= 0.6 is 0 Å². The summed E-state index contributed by atoms with van der Waals surface area (Å²) in [6.45, 7) is 8.66. The molecule has 0 saturated carbocycles. The molecule has 0 aromatic heterocycles. The van der Waals surface area contributed by atoms with Crippen LogP contribution in [0.5, 0.6) is 0 Å². The molecule has 0 aliphatic heterocycles. The van der Waals surface area contributed by atoms with Crippen molar-refractivity contribution in [3.8, 4) is 0 Å². The van der Waals surface area contributed by atoms with Crippen LogP contribution in [-0.2, 0) is 0 Å². The van der Waals surface area contributed by atoms with E-state index in [1.54, 1.807) is 11.2 Å². The first-order chi connectivity index (χ1) is 6.76. The summed E-state index contributed by atoms with van der Waals surface area (Å²) in [5.41, 5.74) is 1.09. The van der Waals surface area contributed by atoms with Crippen molar-refractivity contribution >= 4 is 6.72 Å². The van der Waals surface area contributed by atoms with Crippen LogP contribution in [-0.4, -0.2) is 18.3 Å². The fraction of sp³-hybridized carbons (Fsp3) is 0.727. The van der Waals surface area contributed by atoms with Crippen LogP contribution in [0.15, 0.2) is 16.9 Å². The van der Waals surface area contributed by atoms with E-state index in [4.69, 9.17) is 5.84 Å². The number of hydrogen-bond donors (Lipinski definition) is 1. The molecule has 0 spiro atoms. The number of rotatable bonds is 8. The molecule has 0 unspecified atom stereocenters. The Morgan fingerprint density at radius 3 is 2.57 bits per heavy atom. The van der Waals surface area contributed by atoms with Gasteiger partial charge in [0.05, 0.1) is 0 Å². The van der Waals surface area contributed by atoms with E-state index in [1.807, 2.05) is 0 Å². The lowest BCUT2D eigenvalue weighted by Gasteiger charge is -2.20. The average Bonchev–Trinajstić information content (AvgIpc) is 2.17. The summed E-state index contributed by atoms with van der Waals surface area (Å²) >= 11 is 0. The van der Waals surface area contributed by atoms with Crippen molar-refractivity contribution in [2.75, 3.05) is 6.54 Å². The molecule has 0 aromatic carbocycles. The molecule has 2 N–H and O–H groups in total. The first-order valence-electron chi connectivity index (χ1n) is 5.43. The molecule has 14 heavy (non-hydrogen) atoms. The zero-order valence-electron chi connectivity index (χ0n) is 9.50. The van der Waals surface area contributed by atoms with Crippen molar-refractivity contribution in [2.24, 2.45) is 10.8 Å². The Kier molecular flexibility index (Phi) is 8.24. The van der Waals surface area contributed by atoms with E-state index in [-0.39, 0.29) is 0 Å². The van der Waals surface area contributed by atoms with Gasteiger partial charge in [0.25, 0.3) is 0 Å². The van der Waals surface area contributed by atoms with Gasteiger partial charge in [-0.15, -0.1) is 0 Å². The second-order valence-electron chi connectivity index (χ2n) is 3.45. The summed E-state index contributed by atoms with van der Waals surface area (Å²) in [6, 6.07) is 0. The van der Waals surface area contributed by atoms with E-state index >= 15 is 0 Å². The Balaban J connectivity index is 4.01. The molecule has 3 heteroatoms. The maximum Gasteiger partial charge on any atom is 0.0473 e. The molecule has 0 amide bonds. The zero-order valence-corrected chi connectivity index (χ0v) is 9.50. The summed E-state index contributed by atoms with van der Waals surface area (Å²) in [5, 5.41) is 1.78. The number of nitrogens with zero attached hydrogens (tertiary/aromatic N) is 2. The lowest BCUT2D eigenvalue weighted by Crippen LogP contribution is -2.30. The highest BCUT2D eigenvalue weighted by Gasteiger charge is 2.03. The van der Waals surface area contributed by atoms with Gasteiger partial charge >= 0.3 is 0 Å². The van der Waals surface area contributed by atoms with E-state index in [0.717, 1.165) is 25.1 Å². The van der Waals surface area contributed by atoms with Gasteiger partial charge in [0.15, 0.2) is 0 Å². The molecule has 0 aliphatic rings. The third-order valence-corrected chi connectivity index (χ3v) is 2.11. The second kappa shape index (κ2) is 8.75. The normalized spacial score (nSPS) is 11.5. The quantitative estimate of drug-likeness (QED) is 0.281. The molecular weight excluding hydrogens is 174 g/mol. The highest BCUT2D eigenvalue weighted by molar-refractivity contribution is 5.26. The second-order valence-corrected chi connectivity index (χ2v) is 3.45. The Bertz CT molecular complexity index is 175. The van der Waals surface area contributed by atoms with Crippen LogP contribution in [0.2, 0.25) is 0 Å². The number of nitrogens with two attached hydrogens (primary N) is 1.